The van der Waals surface area contributed by atoms with Crippen LogP contribution in [0.15, 0.2) is 59.9 Å². The van der Waals surface area contributed by atoms with Crippen molar-refractivity contribution < 1.29 is 18.3 Å². The Morgan fingerprint density at radius 1 is 1.10 bits per heavy atom. The van der Waals surface area contributed by atoms with Gasteiger partial charge in [0.1, 0.15) is 41.7 Å². The molecule has 6 rings (SSSR count). The second kappa shape index (κ2) is 10.6. The SMILES string of the molecule is COCCOc1ncc(-c2nn(C(C)c3nc4ccc(F)cn4c(=O)c3-c3cccc(F)c3)c3ncnc(N)c23)s1. The van der Waals surface area contributed by atoms with Crippen molar-refractivity contribution >= 4 is 33.8 Å². The second-order valence-electron chi connectivity index (χ2n) is 9.02. The van der Waals surface area contributed by atoms with Gasteiger partial charge in [-0.2, -0.15) is 5.10 Å². The first kappa shape index (κ1) is 26.4. The fourth-order valence-corrected chi connectivity index (χ4v) is 5.33. The number of benzene rings is 1. The Kier molecular flexibility index (Phi) is 6.85. The molecule has 1 aromatic carbocycles. The van der Waals surface area contributed by atoms with E-state index in [0.29, 0.717) is 40.0 Å². The van der Waals surface area contributed by atoms with Crippen LogP contribution in [0.25, 0.3) is 38.4 Å². The van der Waals surface area contributed by atoms with Gasteiger partial charge in [0.15, 0.2) is 5.65 Å². The number of nitrogens with two attached hydrogens (primary N) is 1. The van der Waals surface area contributed by atoms with Gasteiger partial charge in [-0.05, 0) is 36.8 Å². The molecule has 0 spiro atoms. The third kappa shape index (κ3) is 4.76. The Balaban J connectivity index is 1.55. The number of pyridine rings is 1. The van der Waals surface area contributed by atoms with Gasteiger partial charge in [-0.15, -0.1) is 0 Å². The van der Waals surface area contributed by atoms with Crippen LogP contribution in [0.3, 0.4) is 0 Å². The van der Waals surface area contributed by atoms with Crippen molar-refractivity contribution in [2.45, 2.75) is 13.0 Å². The Morgan fingerprint density at radius 3 is 2.76 bits per heavy atom. The lowest BCUT2D eigenvalue weighted by Gasteiger charge is -2.18. The quantitative estimate of drug-likeness (QED) is 0.266. The van der Waals surface area contributed by atoms with E-state index in [0.717, 1.165) is 10.6 Å². The minimum atomic E-state index is -0.702. The number of aromatic nitrogens is 7. The van der Waals surface area contributed by atoms with Gasteiger partial charge < -0.3 is 15.2 Å². The van der Waals surface area contributed by atoms with Crippen LogP contribution in [0.5, 0.6) is 5.19 Å². The number of thiazole rings is 1. The lowest BCUT2D eigenvalue weighted by atomic mass is 10.0. The number of methoxy groups -OCH3 is 1. The number of halogens is 2. The van der Waals surface area contributed by atoms with E-state index in [2.05, 4.69) is 15.0 Å². The van der Waals surface area contributed by atoms with Crippen molar-refractivity contribution in [3.05, 3.63) is 82.8 Å². The highest BCUT2D eigenvalue weighted by Crippen LogP contribution is 2.38. The second-order valence-corrected chi connectivity index (χ2v) is 10.0. The first-order chi connectivity index (χ1) is 19.9. The summed E-state index contributed by atoms with van der Waals surface area (Å²) < 4.78 is 41.7. The zero-order valence-electron chi connectivity index (χ0n) is 21.8. The number of hydrogen-bond donors (Lipinski definition) is 1. The normalized spacial score (nSPS) is 12.3. The summed E-state index contributed by atoms with van der Waals surface area (Å²) in [6.45, 7) is 2.52. The standard InChI is InChI=1S/C27H22F2N8O3S/c1-14(22-20(15-4-3-5-16(28)10-15)26(38)36-12-17(29)6-7-19(36)34-22)37-25-21(24(30)32-13-33-25)23(35-37)18-11-31-27(41-18)40-9-8-39-2/h3-7,10-14H,8-9H2,1-2H3,(H2,30,32,33). The Morgan fingerprint density at radius 2 is 1.95 bits per heavy atom. The van der Waals surface area contributed by atoms with E-state index in [9.17, 15) is 13.6 Å². The first-order valence-corrected chi connectivity index (χ1v) is 13.2. The third-order valence-electron chi connectivity index (χ3n) is 6.44. The monoisotopic (exact) mass is 576 g/mol. The fraction of sp³-hybridized carbons (Fsp3) is 0.185. The minimum absolute atomic E-state index is 0.0962. The van der Waals surface area contributed by atoms with Gasteiger partial charge in [0.2, 0.25) is 0 Å². The van der Waals surface area contributed by atoms with Gasteiger partial charge in [0.05, 0.1) is 40.4 Å². The lowest BCUT2D eigenvalue weighted by molar-refractivity contribution is 0.146. The van der Waals surface area contributed by atoms with E-state index in [1.54, 1.807) is 31.0 Å². The predicted octanol–water partition coefficient (Wildman–Crippen LogP) is 4.12. The van der Waals surface area contributed by atoms with E-state index in [4.69, 9.17) is 25.3 Å². The average molecular weight is 577 g/mol. The van der Waals surface area contributed by atoms with E-state index >= 15 is 0 Å². The molecule has 0 bridgehead atoms. The number of hydrogen-bond acceptors (Lipinski definition) is 10. The van der Waals surface area contributed by atoms with E-state index < -0.39 is 23.2 Å². The molecule has 1 atom stereocenters. The van der Waals surface area contributed by atoms with Crippen LogP contribution >= 0.6 is 11.3 Å². The molecule has 0 fully saturated rings. The maximum absolute atomic E-state index is 14.3. The summed E-state index contributed by atoms with van der Waals surface area (Å²) in [7, 11) is 1.58. The number of nitrogen functional groups attached to an aromatic ring is 1. The van der Waals surface area contributed by atoms with Crippen molar-refractivity contribution in [2.24, 2.45) is 0 Å². The zero-order valence-corrected chi connectivity index (χ0v) is 22.6. The van der Waals surface area contributed by atoms with Gasteiger partial charge >= 0.3 is 0 Å². The highest BCUT2D eigenvalue weighted by Gasteiger charge is 2.27. The van der Waals surface area contributed by atoms with Crippen LogP contribution in [-0.4, -0.2) is 54.4 Å². The van der Waals surface area contributed by atoms with Crippen LogP contribution in [0.4, 0.5) is 14.6 Å². The van der Waals surface area contributed by atoms with Crippen LogP contribution < -0.4 is 16.0 Å². The van der Waals surface area contributed by atoms with Gasteiger partial charge in [0, 0.05) is 13.3 Å². The smallest absolute Gasteiger partial charge is 0.273 e. The highest BCUT2D eigenvalue weighted by molar-refractivity contribution is 7.16. The van der Waals surface area contributed by atoms with E-state index in [1.807, 2.05) is 0 Å². The summed E-state index contributed by atoms with van der Waals surface area (Å²) in [5, 5.41) is 5.73. The van der Waals surface area contributed by atoms with Crippen LogP contribution in [0, 0.1) is 11.6 Å². The fourth-order valence-electron chi connectivity index (χ4n) is 4.55. The molecule has 2 N–H and O–H groups in total. The summed E-state index contributed by atoms with van der Waals surface area (Å²) in [4.78, 5) is 32.0. The molecule has 208 valence electrons. The van der Waals surface area contributed by atoms with E-state index in [-0.39, 0.29) is 28.3 Å². The molecule has 5 aromatic heterocycles. The highest BCUT2D eigenvalue weighted by atomic mass is 32.1. The van der Waals surface area contributed by atoms with Crippen LogP contribution in [0.2, 0.25) is 0 Å². The number of nitrogens with zero attached hydrogens (tertiary/aromatic N) is 7. The summed E-state index contributed by atoms with van der Waals surface area (Å²) in [6, 6.07) is 7.50. The topological polar surface area (TPSA) is 135 Å². The molecular weight excluding hydrogens is 554 g/mol. The molecule has 0 amide bonds. The summed E-state index contributed by atoms with van der Waals surface area (Å²) in [6.07, 6.45) is 3.98. The molecule has 0 saturated carbocycles. The Hall–Kier alpha value is -4.82. The lowest BCUT2D eigenvalue weighted by Crippen LogP contribution is -2.23. The molecule has 0 saturated heterocycles. The van der Waals surface area contributed by atoms with Crippen molar-refractivity contribution in [2.75, 3.05) is 26.1 Å². The summed E-state index contributed by atoms with van der Waals surface area (Å²) in [5.41, 5.74) is 7.46. The van der Waals surface area contributed by atoms with Crippen molar-refractivity contribution in [3.63, 3.8) is 0 Å². The Labute approximate surface area is 234 Å². The number of anilines is 1. The average Bonchev–Trinajstić information content (AvgIpc) is 3.59. The summed E-state index contributed by atoms with van der Waals surface area (Å²) in [5.74, 6) is -0.950. The number of rotatable bonds is 8. The zero-order chi connectivity index (χ0) is 28.7. The largest absolute Gasteiger partial charge is 0.468 e. The van der Waals surface area contributed by atoms with E-state index in [1.165, 1.54) is 48.0 Å². The molecule has 41 heavy (non-hydrogen) atoms. The van der Waals surface area contributed by atoms with Crippen LogP contribution in [0.1, 0.15) is 18.7 Å². The molecule has 5 heterocycles. The molecule has 11 nitrogen and oxygen atoms in total. The third-order valence-corrected chi connectivity index (χ3v) is 7.36. The molecule has 14 heteroatoms. The molecule has 0 radical (unpaired) electrons. The number of ether oxygens (including phenoxy) is 2. The molecule has 6 aromatic rings. The number of fused-ring (bicyclic) bond motifs is 2. The van der Waals surface area contributed by atoms with Gasteiger partial charge in [0.25, 0.3) is 10.8 Å². The Bertz CT molecular complexity index is 1970. The molecule has 0 aliphatic rings. The van der Waals surface area contributed by atoms with Gasteiger partial charge in [-0.1, -0.05) is 23.5 Å². The van der Waals surface area contributed by atoms with Crippen LogP contribution in [-0.2, 0) is 4.74 Å². The van der Waals surface area contributed by atoms with Gasteiger partial charge in [-0.3, -0.25) is 9.20 Å². The van der Waals surface area contributed by atoms with Crippen molar-refractivity contribution in [1.29, 1.82) is 0 Å². The van der Waals surface area contributed by atoms with Crippen molar-refractivity contribution in [1.82, 2.24) is 34.1 Å². The minimum Gasteiger partial charge on any atom is -0.468 e. The molecule has 1 unspecified atom stereocenters. The first-order valence-electron chi connectivity index (χ1n) is 12.4. The maximum Gasteiger partial charge on any atom is 0.273 e. The van der Waals surface area contributed by atoms with Crippen molar-refractivity contribution in [3.8, 4) is 26.9 Å². The molecule has 0 aliphatic heterocycles. The molecular formula is C27H22F2N8O3S. The predicted molar refractivity (Wildman–Crippen MR) is 149 cm³/mol. The maximum atomic E-state index is 14.3. The van der Waals surface area contributed by atoms with Gasteiger partial charge in [-0.25, -0.2) is 33.4 Å². The summed E-state index contributed by atoms with van der Waals surface area (Å²) >= 11 is 1.27. The molecule has 0 aliphatic carbocycles.